The maximum absolute atomic E-state index is 13.3. The maximum atomic E-state index is 13.3. The second kappa shape index (κ2) is 7.12. The molecule has 2 rings (SSSR count). The first kappa shape index (κ1) is 15.4. The van der Waals surface area contributed by atoms with Crippen molar-refractivity contribution in [3.05, 3.63) is 39.7 Å². The molecular weight excluding hydrogens is 291 g/mol. The third kappa shape index (κ3) is 4.22. The molecule has 0 unspecified atom stereocenters. The zero-order valence-electron chi connectivity index (χ0n) is 11.9. The summed E-state index contributed by atoms with van der Waals surface area (Å²) in [5, 5.41) is 8.68. The van der Waals surface area contributed by atoms with E-state index in [9.17, 15) is 9.18 Å². The number of anilines is 1. The highest BCUT2D eigenvalue weighted by atomic mass is 32.1. The van der Waals surface area contributed by atoms with Crippen molar-refractivity contribution in [2.75, 3.05) is 18.4 Å². The zero-order chi connectivity index (χ0) is 15.2. The molecule has 0 atom stereocenters. The van der Waals surface area contributed by atoms with Crippen molar-refractivity contribution in [1.82, 2.24) is 15.3 Å². The second-order valence-electron chi connectivity index (χ2n) is 4.44. The first-order valence-electron chi connectivity index (χ1n) is 6.68. The molecular formula is C14H17FN4OS. The summed E-state index contributed by atoms with van der Waals surface area (Å²) in [6, 6.07) is 1.19. The molecule has 0 aromatic carbocycles. The lowest BCUT2D eigenvalue weighted by molar-refractivity contribution is 0.0954. The van der Waals surface area contributed by atoms with Crippen LogP contribution in [-0.4, -0.2) is 29.0 Å². The number of pyridine rings is 1. The summed E-state index contributed by atoms with van der Waals surface area (Å²) in [4.78, 5) is 20.3. The van der Waals surface area contributed by atoms with E-state index < -0.39 is 5.82 Å². The molecule has 2 aromatic heterocycles. The van der Waals surface area contributed by atoms with E-state index in [4.69, 9.17) is 0 Å². The summed E-state index contributed by atoms with van der Waals surface area (Å²) in [7, 11) is 0. The lowest BCUT2D eigenvalue weighted by Gasteiger charge is -2.10. The summed E-state index contributed by atoms with van der Waals surface area (Å²) in [5.74, 6) is -0.484. The van der Waals surface area contributed by atoms with Crippen LogP contribution < -0.4 is 10.6 Å². The molecule has 0 bridgehead atoms. The Bertz CT molecular complexity index is 629. The normalized spacial score (nSPS) is 10.4. The summed E-state index contributed by atoms with van der Waals surface area (Å²) in [6.07, 6.45) is 1.74. The third-order valence-corrected chi connectivity index (χ3v) is 3.60. The number of thiazole rings is 1. The number of rotatable bonds is 6. The van der Waals surface area contributed by atoms with Crippen LogP contribution in [0.2, 0.25) is 0 Å². The Morgan fingerprint density at radius 2 is 2.29 bits per heavy atom. The number of carbonyl (C=O) groups is 1. The highest BCUT2D eigenvalue weighted by Gasteiger charge is 2.13. The number of carbonyl (C=O) groups excluding carboxylic acids is 1. The Balaban J connectivity index is 1.97. The fraction of sp³-hybridized carbons (Fsp3) is 0.357. The highest BCUT2D eigenvalue weighted by molar-refractivity contribution is 7.09. The van der Waals surface area contributed by atoms with Gasteiger partial charge in [0.15, 0.2) is 0 Å². The van der Waals surface area contributed by atoms with Crippen LogP contribution in [0.1, 0.15) is 28.0 Å². The third-order valence-electron chi connectivity index (χ3n) is 2.78. The van der Waals surface area contributed by atoms with Gasteiger partial charge in [-0.05, 0) is 19.9 Å². The number of hydrogen-bond donors (Lipinski definition) is 2. The molecule has 0 fully saturated rings. The average molecular weight is 308 g/mol. The Morgan fingerprint density at radius 3 is 2.95 bits per heavy atom. The number of aromatic nitrogens is 2. The number of aryl methyl sites for hydroxylation is 1. The molecule has 0 spiro atoms. The van der Waals surface area contributed by atoms with E-state index >= 15 is 0 Å². The van der Waals surface area contributed by atoms with Crippen LogP contribution in [0.25, 0.3) is 0 Å². The second-order valence-corrected chi connectivity index (χ2v) is 5.51. The molecule has 112 valence electrons. The standard InChI is InChI=1S/C14H17FN4OS/c1-3-16-13-12(6-10(15)7-18-13)14(20)17-5-4-11-8-21-9(2)19-11/h6-8H,3-5H2,1-2H3,(H,16,18)(H,17,20). The number of amides is 1. The van der Waals surface area contributed by atoms with Gasteiger partial charge in [0.25, 0.3) is 5.91 Å². The molecule has 0 saturated carbocycles. The van der Waals surface area contributed by atoms with Crippen LogP contribution in [0.3, 0.4) is 0 Å². The Kier molecular flexibility index (Phi) is 5.21. The molecule has 2 N–H and O–H groups in total. The number of halogens is 1. The van der Waals surface area contributed by atoms with E-state index in [1.54, 1.807) is 11.3 Å². The lowest BCUT2D eigenvalue weighted by Crippen LogP contribution is -2.27. The van der Waals surface area contributed by atoms with Crippen LogP contribution in [0.4, 0.5) is 10.2 Å². The van der Waals surface area contributed by atoms with E-state index in [2.05, 4.69) is 20.6 Å². The predicted molar refractivity (Wildman–Crippen MR) is 81.2 cm³/mol. The monoisotopic (exact) mass is 308 g/mol. The van der Waals surface area contributed by atoms with Gasteiger partial charge in [-0.15, -0.1) is 11.3 Å². The fourth-order valence-electron chi connectivity index (χ4n) is 1.84. The average Bonchev–Trinajstić information content (AvgIpc) is 2.86. The van der Waals surface area contributed by atoms with Gasteiger partial charge in [-0.25, -0.2) is 14.4 Å². The van der Waals surface area contributed by atoms with Gasteiger partial charge < -0.3 is 10.6 Å². The summed E-state index contributed by atoms with van der Waals surface area (Å²) >= 11 is 1.58. The SMILES string of the molecule is CCNc1ncc(F)cc1C(=O)NCCc1csc(C)n1. The van der Waals surface area contributed by atoms with E-state index in [-0.39, 0.29) is 11.5 Å². The molecule has 0 aliphatic carbocycles. The highest BCUT2D eigenvalue weighted by Crippen LogP contribution is 2.13. The maximum Gasteiger partial charge on any atom is 0.255 e. The summed E-state index contributed by atoms with van der Waals surface area (Å²) < 4.78 is 13.3. The van der Waals surface area contributed by atoms with Crippen LogP contribution in [-0.2, 0) is 6.42 Å². The number of hydrogen-bond acceptors (Lipinski definition) is 5. The van der Waals surface area contributed by atoms with Gasteiger partial charge in [0.2, 0.25) is 0 Å². The minimum Gasteiger partial charge on any atom is -0.370 e. The van der Waals surface area contributed by atoms with E-state index in [0.717, 1.165) is 16.9 Å². The van der Waals surface area contributed by atoms with Crippen molar-refractivity contribution >= 4 is 23.1 Å². The van der Waals surface area contributed by atoms with Crippen LogP contribution in [0, 0.1) is 12.7 Å². The van der Waals surface area contributed by atoms with Gasteiger partial charge in [-0.1, -0.05) is 0 Å². The van der Waals surface area contributed by atoms with Crippen LogP contribution >= 0.6 is 11.3 Å². The van der Waals surface area contributed by atoms with Gasteiger partial charge >= 0.3 is 0 Å². The van der Waals surface area contributed by atoms with E-state index in [1.165, 1.54) is 6.07 Å². The van der Waals surface area contributed by atoms with Gasteiger partial charge in [0.05, 0.1) is 22.5 Å². The molecule has 21 heavy (non-hydrogen) atoms. The smallest absolute Gasteiger partial charge is 0.255 e. The molecule has 5 nitrogen and oxygen atoms in total. The number of nitrogens with one attached hydrogen (secondary N) is 2. The molecule has 0 aliphatic heterocycles. The van der Waals surface area contributed by atoms with Gasteiger partial charge in [0.1, 0.15) is 11.6 Å². The Hall–Kier alpha value is -2.02. The van der Waals surface area contributed by atoms with E-state index in [0.29, 0.717) is 25.3 Å². The fourth-order valence-corrected chi connectivity index (χ4v) is 2.49. The van der Waals surface area contributed by atoms with Gasteiger partial charge in [0, 0.05) is 24.9 Å². The zero-order valence-corrected chi connectivity index (χ0v) is 12.8. The Morgan fingerprint density at radius 1 is 1.48 bits per heavy atom. The molecule has 2 heterocycles. The van der Waals surface area contributed by atoms with Crippen molar-refractivity contribution in [2.24, 2.45) is 0 Å². The molecule has 0 saturated heterocycles. The molecule has 7 heteroatoms. The predicted octanol–water partition coefficient (Wildman–Crippen LogP) is 2.39. The summed E-state index contributed by atoms with van der Waals surface area (Å²) in [6.45, 7) is 4.88. The Labute approximate surface area is 126 Å². The molecule has 0 aliphatic rings. The minimum atomic E-state index is -0.531. The molecule has 0 radical (unpaired) electrons. The van der Waals surface area contributed by atoms with Crippen molar-refractivity contribution < 1.29 is 9.18 Å². The first-order valence-corrected chi connectivity index (χ1v) is 7.56. The molecule has 2 aromatic rings. The van der Waals surface area contributed by atoms with E-state index in [1.807, 2.05) is 19.2 Å². The van der Waals surface area contributed by atoms with Crippen LogP contribution in [0.5, 0.6) is 0 Å². The van der Waals surface area contributed by atoms with Crippen molar-refractivity contribution in [1.29, 1.82) is 0 Å². The topological polar surface area (TPSA) is 66.9 Å². The minimum absolute atomic E-state index is 0.214. The van der Waals surface area contributed by atoms with Crippen molar-refractivity contribution in [3.63, 3.8) is 0 Å². The van der Waals surface area contributed by atoms with Gasteiger partial charge in [-0.2, -0.15) is 0 Å². The van der Waals surface area contributed by atoms with Crippen LogP contribution in [0.15, 0.2) is 17.6 Å². The largest absolute Gasteiger partial charge is 0.370 e. The van der Waals surface area contributed by atoms with Gasteiger partial charge in [-0.3, -0.25) is 4.79 Å². The van der Waals surface area contributed by atoms with Crippen molar-refractivity contribution in [3.8, 4) is 0 Å². The first-order chi connectivity index (χ1) is 10.1. The summed E-state index contributed by atoms with van der Waals surface area (Å²) in [5.41, 5.74) is 1.16. The quantitative estimate of drug-likeness (QED) is 0.860. The molecule has 1 amide bonds. The lowest BCUT2D eigenvalue weighted by atomic mass is 10.2. The van der Waals surface area contributed by atoms with Crippen molar-refractivity contribution in [2.45, 2.75) is 20.3 Å². The number of nitrogens with zero attached hydrogens (tertiary/aromatic N) is 2.